The summed E-state index contributed by atoms with van der Waals surface area (Å²) >= 11 is 0. The van der Waals surface area contributed by atoms with Crippen molar-refractivity contribution in [2.45, 2.75) is 33.1 Å². The summed E-state index contributed by atoms with van der Waals surface area (Å²) in [6.45, 7) is 7.11. The van der Waals surface area contributed by atoms with Gasteiger partial charge in [0.2, 0.25) is 5.91 Å². The summed E-state index contributed by atoms with van der Waals surface area (Å²) in [5.74, 6) is 1.05. The molecule has 108 valence electrons. The van der Waals surface area contributed by atoms with Gasteiger partial charge in [0.05, 0.1) is 17.9 Å². The van der Waals surface area contributed by atoms with Crippen molar-refractivity contribution in [3.05, 3.63) is 5.69 Å². The molecule has 6 heteroatoms. The number of nitrogens with one attached hydrogen (secondary N) is 1. The number of likely N-dealkylation sites (N-methyl/N-ethyl adjacent to an activating group) is 1. The van der Waals surface area contributed by atoms with Gasteiger partial charge in [0.1, 0.15) is 0 Å². The van der Waals surface area contributed by atoms with Crippen LogP contribution in [-0.4, -0.2) is 35.8 Å². The van der Waals surface area contributed by atoms with Crippen LogP contribution in [0.2, 0.25) is 0 Å². The second-order valence-electron chi connectivity index (χ2n) is 5.11. The second kappa shape index (κ2) is 6.45. The predicted molar refractivity (Wildman–Crippen MR) is 78.3 cm³/mol. The van der Waals surface area contributed by atoms with Gasteiger partial charge in [-0.25, -0.2) is 0 Å². The van der Waals surface area contributed by atoms with Crippen LogP contribution in [0.25, 0.3) is 0 Å². The van der Waals surface area contributed by atoms with Crippen LogP contribution in [0.4, 0.5) is 11.5 Å². The number of nitrogen functional groups attached to an aromatic ring is 1. The molecule has 0 aliphatic rings. The van der Waals surface area contributed by atoms with E-state index in [2.05, 4.69) is 24.3 Å². The quantitative estimate of drug-likeness (QED) is 0.809. The number of rotatable bonds is 6. The highest BCUT2D eigenvalue weighted by Gasteiger charge is 2.20. The number of carbonyl (C=O) groups excluding carboxylic acids is 1. The maximum Gasteiger partial charge on any atom is 0.239 e. The van der Waals surface area contributed by atoms with Gasteiger partial charge >= 0.3 is 0 Å². The number of anilines is 2. The first-order valence-corrected chi connectivity index (χ1v) is 6.68. The maximum absolute atomic E-state index is 11.7. The Morgan fingerprint density at radius 1 is 1.53 bits per heavy atom. The highest BCUT2D eigenvalue weighted by Crippen LogP contribution is 2.29. The number of amides is 1. The average Bonchev–Trinajstić information content (AvgIpc) is 2.62. The lowest BCUT2D eigenvalue weighted by Gasteiger charge is -2.19. The molecular formula is C13H25N5O. The van der Waals surface area contributed by atoms with Gasteiger partial charge in [-0.2, -0.15) is 5.10 Å². The Hall–Kier alpha value is -1.72. The van der Waals surface area contributed by atoms with E-state index in [4.69, 9.17) is 5.73 Å². The third-order valence-corrected chi connectivity index (χ3v) is 2.94. The van der Waals surface area contributed by atoms with Crippen molar-refractivity contribution in [3.8, 4) is 0 Å². The molecule has 0 aromatic carbocycles. The van der Waals surface area contributed by atoms with E-state index in [0.717, 1.165) is 17.9 Å². The van der Waals surface area contributed by atoms with Crippen LogP contribution in [0.3, 0.4) is 0 Å². The lowest BCUT2D eigenvalue weighted by molar-refractivity contribution is -0.119. The van der Waals surface area contributed by atoms with Gasteiger partial charge in [0.25, 0.3) is 0 Å². The molecule has 0 unspecified atom stereocenters. The Balaban J connectivity index is 2.82. The van der Waals surface area contributed by atoms with Gasteiger partial charge in [-0.15, -0.1) is 0 Å². The zero-order valence-corrected chi connectivity index (χ0v) is 12.5. The Bertz CT molecular complexity index is 438. The van der Waals surface area contributed by atoms with Crippen LogP contribution in [0.15, 0.2) is 0 Å². The molecule has 1 aromatic rings. The van der Waals surface area contributed by atoms with Crippen molar-refractivity contribution < 1.29 is 4.79 Å². The van der Waals surface area contributed by atoms with Crippen molar-refractivity contribution in [1.29, 1.82) is 0 Å². The highest BCUT2D eigenvalue weighted by molar-refractivity contribution is 5.82. The van der Waals surface area contributed by atoms with Gasteiger partial charge in [-0.05, 0) is 12.3 Å². The van der Waals surface area contributed by atoms with Crippen LogP contribution in [-0.2, 0) is 11.8 Å². The zero-order valence-electron chi connectivity index (χ0n) is 12.5. The molecule has 3 N–H and O–H groups in total. The fraction of sp³-hybridized carbons (Fsp3) is 0.692. The molecule has 0 aliphatic carbocycles. The fourth-order valence-electron chi connectivity index (χ4n) is 2.04. The van der Waals surface area contributed by atoms with Crippen LogP contribution in [0.5, 0.6) is 0 Å². The number of carbonyl (C=O) groups is 1. The Labute approximate surface area is 114 Å². The standard InChI is InChI=1S/C13H25N5O/c1-6-7-15-10(19)8-17(4)13-11(14)12(9(2)3)16-18(13)5/h9H,6-8,14H2,1-5H3,(H,15,19). The summed E-state index contributed by atoms with van der Waals surface area (Å²) in [6, 6.07) is 0. The van der Waals surface area contributed by atoms with E-state index < -0.39 is 0 Å². The van der Waals surface area contributed by atoms with E-state index in [-0.39, 0.29) is 18.4 Å². The van der Waals surface area contributed by atoms with Gasteiger partial charge in [-0.1, -0.05) is 20.8 Å². The van der Waals surface area contributed by atoms with Crippen LogP contribution in [0.1, 0.15) is 38.8 Å². The summed E-state index contributed by atoms with van der Waals surface area (Å²) in [7, 11) is 3.70. The van der Waals surface area contributed by atoms with E-state index in [1.54, 1.807) is 4.68 Å². The number of nitrogens with zero attached hydrogens (tertiary/aromatic N) is 3. The van der Waals surface area contributed by atoms with Crippen molar-refractivity contribution in [2.24, 2.45) is 7.05 Å². The molecule has 0 radical (unpaired) electrons. The van der Waals surface area contributed by atoms with E-state index in [0.29, 0.717) is 12.2 Å². The first kappa shape index (κ1) is 15.3. The largest absolute Gasteiger partial charge is 0.394 e. The van der Waals surface area contributed by atoms with Crippen LogP contribution in [0, 0.1) is 0 Å². The SMILES string of the molecule is CCCNC(=O)CN(C)c1c(N)c(C(C)C)nn1C. The lowest BCUT2D eigenvalue weighted by Crippen LogP contribution is -2.36. The van der Waals surface area contributed by atoms with Crippen LogP contribution < -0.4 is 16.0 Å². The summed E-state index contributed by atoms with van der Waals surface area (Å²) in [6.07, 6.45) is 0.931. The first-order chi connectivity index (χ1) is 8.88. The number of hydrogen-bond donors (Lipinski definition) is 2. The normalized spacial score (nSPS) is 10.8. The molecule has 0 spiro atoms. The molecule has 0 fully saturated rings. The Kier molecular flexibility index (Phi) is 5.20. The molecule has 0 saturated carbocycles. The van der Waals surface area contributed by atoms with Gasteiger partial charge in [-0.3, -0.25) is 9.48 Å². The molecular weight excluding hydrogens is 242 g/mol. The smallest absolute Gasteiger partial charge is 0.239 e. The lowest BCUT2D eigenvalue weighted by atomic mass is 10.1. The van der Waals surface area contributed by atoms with E-state index in [1.165, 1.54) is 0 Å². The average molecular weight is 267 g/mol. The minimum Gasteiger partial charge on any atom is -0.394 e. The van der Waals surface area contributed by atoms with Crippen molar-refractivity contribution in [3.63, 3.8) is 0 Å². The van der Waals surface area contributed by atoms with Crippen LogP contribution >= 0.6 is 0 Å². The molecule has 1 heterocycles. The summed E-state index contributed by atoms with van der Waals surface area (Å²) < 4.78 is 1.73. The Morgan fingerprint density at radius 3 is 2.63 bits per heavy atom. The van der Waals surface area contributed by atoms with Gasteiger partial charge < -0.3 is 16.0 Å². The second-order valence-corrected chi connectivity index (χ2v) is 5.11. The molecule has 0 saturated heterocycles. The molecule has 0 bridgehead atoms. The molecule has 19 heavy (non-hydrogen) atoms. The maximum atomic E-state index is 11.7. The van der Waals surface area contributed by atoms with Gasteiger partial charge in [0, 0.05) is 20.6 Å². The molecule has 0 atom stereocenters. The monoisotopic (exact) mass is 267 g/mol. The number of hydrogen-bond acceptors (Lipinski definition) is 4. The predicted octanol–water partition coefficient (Wildman–Crippen LogP) is 1.09. The summed E-state index contributed by atoms with van der Waals surface area (Å²) in [5, 5.41) is 7.27. The minimum absolute atomic E-state index is 0.00366. The topological polar surface area (TPSA) is 76.2 Å². The number of aromatic nitrogens is 2. The highest BCUT2D eigenvalue weighted by atomic mass is 16.2. The third-order valence-electron chi connectivity index (χ3n) is 2.94. The Morgan fingerprint density at radius 2 is 2.16 bits per heavy atom. The van der Waals surface area contributed by atoms with Crippen molar-refractivity contribution >= 4 is 17.4 Å². The van der Waals surface area contributed by atoms with Crippen molar-refractivity contribution in [1.82, 2.24) is 15.1 Å². The van der Waals surface area contributed by atoms with Crippen molar-refractivity contribution in [2.75, 3.05) is 30.8 Å². The third kappa shape index (κ3) is 3.62. The molecule has 1 rings (SSSR count). The molecule has 1 amide bonds. The van der Waals surface area contributed by atoms with E-state index >= 15 is 0 Å². The first-order valence-electron chi connectivity index (χ1n) is 6.68. The van der Waals surface area contributed by atoms with Gasteiger partial charge in [0.15, 0.2) is 5.82 Å². The fourth-order valence-corrected chi connectivity index (χ4v) is 2.04. The van der Waals surface area contributed by atoms with E-state index in [1.807, 2.05) is 25.9 Å². The summed E-state index contributed by atoms with van der Waals surface area (Å²) in [4.78, 5) is 13.6. The molecule has 1 aromatic heterocycles. The molecule has 6 nitrogen and oxygen atoms in total. The number of aryl methyl sites for hydroxylation is 1. The minimum atomic E-state index is -0.00366. The number of nitrogens with two attached hydrogens (primary N) is 1. The summed E-state index contributed by atoms with van der Waals surface area (Å²) in [5.41, 5.74) is 7.65. The zero-order chi connectivity index (χ0) is 14.6. The molecule has 0 aliphatic heterocycles. The van der Waals surface area contributed by atoms with E-state index in [9.17, 15) is 4.79 Å².